The zero-order valence-electron chi connectivity index (χ0n) is 11.2. The van der Waals surface area contributed by atoms with Gasteiger partial charge < -0.3 is 9.80 Å². The van der Waals surface area contributed by atoms with Crippen LogP contribution in [0.5, 0.6) is 0 Å². The number of pyridine rings is 1. The van der Waals surface area contributed by atoms with Gasteiger partial charge in [0.25, 0.3) is 5.91 Å². The number of carbonyl (C=O) groups is 1. The Morgan fingerprint density at radius 3 is 2.94 bits per heavy atom. The van der Waals surface area contributed by atoms with E-state index in [2.05, 4.69) is 24.0 Å². The summed E-state index contributed by atoms with van der Waals surface area (Å²) in [6, 6.07) is 5.82. The van der Waals surface area contributed by atoms with Crippen molar-refractivity contribution in [1.29, 1.82) is 0 Å². The average Bonchev–Trinajstić information content (AvgIpc) is 2.39. The average molecular weight is 247 g/mol. The molecule has 0 bridgehead atoms. The molecule has 18 heavy (non-hydrogen) atoms. The smallest absolute Gasteiger partial charge is 0.272 e. The Kier molecular flexibility index (Phi) is 4.31. The van der Waals surface area contributed by atoms with E-state index in [1.165, 1.54) is 6.42 Å². The number of likely N-dealkylation sites (tertiary alicyclic amines) is 1. The molecule has 0 aromatic carbocycles. The molecular weight excluding hydrogens is 226 g/mol. The maximum atomic E-state index is 12.4. The lowest BCUT2D eigenvalue weighted by Crippen LogP contribution is -2.48. The van der Waals surface area contributed by atoms with Crippen LogP contribution in [-0.4, -0.2) is 53.9 Å². The lowest BCUT2D eigenvalue weighted by atomic mass is 10.0. The summed E-state index contributed by atoms with van der Waals surface area (Å²) in [5.41, 5.74) is 0.558. The van der Waals surface area contributed by atoms with Gasteiger partial charge >= 0.3 is 0 Å². The van der Waals surface area contributed by atoms with Crippen molar-refractivity contribution in [2.45, 2.75) is 25.3 Å². The monoisotopic (exact) mass is 247 g/mol. The first-order valence-corrected chi connectivity index (χ1v) is 6.55. The molecular formula is C14H21N3O. The first-order valence-electron chi connectivity index (χ1n) is 6.55. The minimum atomic E-state index is 0.0714. The zero-order valence-corrected chi connectivity index (χ0v) is 11.2. The van der Waals surface area contributed by atoms with Crippen LogP contribution in [0.3, 0.4) is 0 Å². The maximum absolute atomic E-state index is 12.4. The van der Waals surface area contributed by atoms with E-state index in [0.29, 0.717) is 11.7 Å². The molecule has 1 unspecified atom stereocenters. The Morgan fingerprint density at radius 1 is 1.44 bits per heavy atom. The molecule has 4 nitrogen and oxygen atoms in total. The van der Waals surface area contributed by atoms with E-state index in [0.717, 1.165) is 25.9 Å². The molecule has 2 rings (SSSR count). The fraction of sp³-hybridized carbons (Fsp3) is 0.571. The fourth-order valence-corrected chi connectivity index (χ4v) is 2.52. The highest BCUT2D eigenvalue weighted by molar-refractivity contribution is 5.92. The summed E-state index contributed by atoms with van der Waals surface area (Å²) in [4.78, 5) is 20.7. The molecule has 1 aromatic heterocycles. The minimum absolute atomic E-state index is 0.0714. The van der Waals surface area contributed by atoms with Gasteiger partial charge in [0.1, 0.15) is 5.69 Å². The van der Waals surface area contributed by atoms with Gasteiger partial charge in [-0.1, -0.05) is 6.07 Å². The van der Waals surface area contributed by atoms with Crippen LogP contribution in [-0.2, 0) is 0 Å². The van der Waals surface area contributed by atoms with Gasteiger partial charge in [0.05, 0.1) is 0 Å². The maximum Gasteiger partial charge on any atom is 0.272 e. The second-order valence-electron chi connectivity index (χ2n) is 5.13. The van der Waals surface area contributed by atoms with Crippen molar-refractivity contribution < 1.29 is 4.79 Å². The molecule has 0 spiro atoms. The lowest BCUT2D eigenvalue weighted by molar-refractivity contribution is 0.0569. The second-order valence-corrected chi connectivity index (χ2v) is 5.13. The largest absolute Gasteiger partial charge is 0.333 e. The molecule has 1 aromatic rings. The van der Waals surface area contributed by atoms with Crippen LogP contribution in [0.1, 0.15) is 29.8 Å². The lowest BCUT2D eigenvalue weighted by Gasteiger charge is -2.37. The standard InChI is InChI=1S/C14H21N3O/c1-16(2)11-12-7-4-6-10-17(12)14(18)13-8-3-5-9-15-13/h3,5,8-9,12H,4,6-7,10-11H2,1-2H3. The van der Waals surface area contributed by atoms with Crippen LogP contribution in [0.2, 0.25) is 0 Å². The Hall–Kier alpha value is -1.42. The van der Waals surface area contributed by atoms with Crippen LogP contribution >= 0.6 is 0 Å². The molecule has 1 amide bonds. The summed E-state index contributed by atoms with van der Waals surface area (Å²) in [6.45, 7) is 1.78. The Bertz CT molecular complexity index is 391. The summed E-state index contributed by atoms with van der Waals surface area (Å²) in [6.07, 6.45) is 5.09. The molecule has 4 heteroatoms. The van der Waals surface area contributed by atoms with Gasteiger partial charge in [0, 0.05) is 25.3 Å². The normalized spacial score (nSPS) is 20.2. The van der Waals surface area contributed by atoms with E-state index in [1.807, 2.05) is 17.0 Å². The molecule has 0 saturated carbocycles. The number of hydrogen-bond acceptors (Lipinski definition) is 3. The number of piperidine rings is 1. The van der Waals surface area contributed by atoms with Gasteiger partial charge in [-0.3, -0.25) is 9.78 Å². The molecule has 2 heterocycles. The third kappa shape index (κ3) is 3.07. The van der Waals surface area contributed by atoms with E-state index in [1.54, 1.807) is 12.3 Å². The summed E-state index contributed by atoms with van der Waals surface area (Å²) < 4.78 is 0. The van der Waals surface area contributed by atoms with E-state index in [9.17, 15) is 4.79 Å². The van der Waals surface area contributed by atoms with Gasteiger partial charge in [-0.2, -0.15) is 0 Å². The van der Waals surface area contributed by atoms with E-state index < -0.39 is 0 Å². The molecule has 0 radical (unpaired) electrons. The Labute approximate surface area is 109 Å². The van der Waals surface area contributed by atoms with Gasteiger partial charge in [0.15, 0.2) is 0 Å². The number of amides is 1. The van der Waals surface area contributed by atoms with Gasteiger partial charge in [0.2, 0.25) is 0 Å². The van der Waals surface area contributed by atoms with Crippen LogP contribution < -0.4 is 0 Å². The van der Waals surface area contributed by atoms with Crippen LogP contribution in [0.15, 0.2) is 24.4 Å². The van der Waals surface area contributed by atoms with Crippen molar-refractivity contribution >= 4 is 5.91 Å². The molecule has 0 N–H and O–H groups in total. The topological polar surface area (TPSA) is 36.4 Å². The highest BCUT2D eigenvalue weighted by Gasteiger charge is 2.28. The highest BCUT2D eigenvalue weighted by Crippen LogP contribution is 2.19. The number of nitrogens with zero attached hydrogens (tertiary/aromatic N) is 3. The number of likely N-dealkylation sites (N-methyl/N-ethyl adjacent to an activating group) is 1. The predicted octanol–water partition coefficient (Wildman–Crippen LogP) is 1.64. The Morgan fingerprint density at radius 2 is 2.28 bits per heavy atom. The van der Waals surface area contributed by atoms with Crippen molar-refractivity contribution in [3.63, 3.8) is 0 Å². The molecule has 1 atom stereocenters. The number of aromatic nitrogens is 1. The SMILES string of the molecule is CN(C)CC1CCCCN1C(=O)c1ccccn1. The van der Waals surface area contributed by atoms with Crippen molar-refractivity contribution in [2.24, 2.45) is 0 Å². The molecule has 1 saturated heterocycles. The second kappa shape index (κ2) is 5.96. The first kappa shape index (κ1) is 13.0. The zero-order chi connectivity index (χ0) is 13.0. The summed E-state index contributed by atoms with van der Waals surface area (Å²) >= 11 is 0. The Balaban J connectivity index is 2.11. The van der Waals surface area contributed by atoms with E-state index in [4.69, 9.17) is 0 Å². The van der Waals surface area contributed by atoms with Crippen molar-refractivity contribution in [3.05, 3.63) is 30.1 Å². The summed E-state index contributed by atoms with van der Waals surface area (Å²) in [7, 11) is 4.11. The van der Waals surface area contributed by atoms with Crippen LogP contribution in [0.4, 0.5) is 0 Å². The molecule has 1 aliphatic rings. The van der Waals surface area contributed by atoms with Gasteiger partial charge in [-0.15, -0.1) is 0 Å². The van der Waals surface area contributed by atoms with E-state index >= 15 is 0 Å². The molecule has 1 aliphatic heterocycles. The predicted molar refractivity (Wildman–Crippen MR) is 71.5 cm³/mol. The molecule has 98 valence electrons. The summed E-state index contributed by atoms with van der Waals surface area (Å²) in [5, 5.41) is 0. The van der Waals surface area contributed by atoms with Crippen molar-refractivity contribution in [1.82, 2.24) is 14.8 Å². The van der Waals surface area contributed by atoms with Gasteiger partial charge in [-0.25, -0.2) is 0 Å². The fourth-order valence-electron chi connectivity index (χ4n) is 2.52. The number of hydrogen-bond donors (Lipinski definition) is 0. The summed E-state index contributed by atoms with van der Waals surface area (Å²) in [5.74, 6) is 0.0714. The quantitative estimate of drug-likeness (QED) is 0.814. The number of carbonyl (C=O) groups excluding carboxylic acids is 1. The number of rotatable bonds is 3. The molecule has 1 fully saturated rings. The molecule has 0 aliphatic carbocycles. The van der Waals surface area contributed by atoms with Gasteiger partial charge in [-0.05, 0) is 45.5 Å². The third-order valence-corrected chi connectivity index (χ3v) is 3.35. The van der Waals surface area contributed by atoms with Crippen LogP contribution in [0.25, 0.3) is 0 Å². The van der Waals surface area contributed by atoms with E-state index in [-0.39, 0.29) is 5.91 Å². The first-order chi connectivity index (χ1) is 8.68. The minimum Gasteiger partial charge on any atom is -0.333 e. The third-order valence-electron chi connectivity index (χ3n) is 3.35. The van der Waals surface area contributed by atoms with Crippen molar-refractivity contribution in [3.8, 4) is 0 Å². The highest BCUT2D eigenvalue weighted by atomic mass is 16.2. The van der Waals surface area contributed by atoms with Crippen LogP contribution in [0, 0.1) is 0 Å². The van der Waals surface area contributed by atoms with Crippen molar-refractivity contribution in [2.75, 3.05) is 27.2 Å².